The zero-order valence-electron chi connectivity index (χ0n) is 11.3. The lowest BCUT2D eigenvalue weighted by Crippen LogP contribution is -2.46. The van der Waals surface area contributed by atoms with E-state index in [4.69, 9.17) is 28.3 Å². The molecule has 8 heteroatoms. The van der Waals surface area contributed by atoms with Gasteiger partial charge in [0.2, 0.25) is 10.0 Å². The molecular formula is C13H15Cl2NO4S. The maximum absolute atomic E-state index is 12.7. The van der Waals surface area contributed by atoms with Crippen LogP contribution in [0.1, 0.15) is 19.8 Å². The second-order valence-electron chi connectivity index (χ2n) is 5.08. The molecule has 1 aliphatic rings. The van der Waals surface area contributed by atoms with Crippen molar-refractivity contribution in [2.24, 2.45) is 5.92 Å². The van der Waals surface area contributed by atoms with Gasteiger partial charge in [-0.2, -0.15) is 4.31 Å². The van der Waals surface area contributed by atoms with E-state index >= 15 is 0 Å². The second-order valence-corrected chi connectivity index (χ2v) is 7.72. The average molecular weight is 352 g/mol. The standard InChI is InChI=1S/C13H15Cl2NO4S/c1-8-7-9(13(17)18)5-6-16(8)21(19,20)11-4-2-3-10(14)12(11)15/h2-4,8-9H,5-7H2,1H3,(H,17,18). The number of nitrogens with zero attached hydrogens (tertiary/aromatic N) is 1. The van der Waals surface area contributed by atoms with Crippen LogP contribution in [-0.2, 0) is 14.8 Å². The van der Waals surface area contributed by atoms with Crippen LogP contribution in [0.5, 0.6) is 0 Å². The number of hydrogen-bond donors (Lipinski definition) is 1. The first kappa shape index (κ1) is 16.5. The second kappa shape index (κ2) is 6.12. The number of carboxylic acid groups (broad SMARTS) is 1. The van der Waals surface area contributed by atoms with Crippen LogP contribution in [0.2, 0.25) is 10.0 Å². The molecule has 0 amide bonds. The van der Waals surface area contributed by atoms with Crippen LogP contribution in [0.15, 0.2) is 23.1 Å². The fraction of sp³-hybridized carbons (Fsp3) is 0.462. The molecular weight excluding hydrogens is 337 g/mol. The summed E-state index contributed by atoms with van der Waals surface area (Å²) in [6.07, 6.45) is 0.573. The molecule has 21 heavy (non-hydrogen) atoms. The molecule has 1 aromatic rings. The third kappa shape index (κ3) is 3.18. The molecule has 116 valence electrons. The number of halogens is 2. The highest BCUT2D eigenvalue weighted by molar-refractivity contribution is 7.89. The lowest BCUT2D eigenvalue weighted by Gasteiger charge is -2.35. The Balaban J connectivity index is 2.33. The van der Waals surface area contributed by atoms with Crippen molar-refractivity contribution in [3.8, 4) is 0 Å². The summed E-state index contributed by atoms with van der Waals surface area (Å²) in [5, 5.41) is 9.20. The van der Waals surface area contributed by atoms with E-state index in [1.807, 2.05) is 0 Å². The summed E-state index contributed by atoms with van der Waals surface area (Å²) in [6.45, 7) is 1.86. The van der Waals surface area contributed by atoms with E-state index in [1.165, 1.54) is 22.5 Å². The van der Waals surface area contributed by atoms with Crippen molar-refractivity contribution in [3.05, 3.63) is 28.2 Å². The highest BCUT2D eigenvalue weighted by atomic mass is 35.5. The molecule has 0 aromatic heterocycles. The summed E-state index contributed by atoms with van der Waals surface area (Å²) < 4.78 is 26.7. The van der Waals surface area contributed by atoms with E-state index in [-0.39, 0.29) is 34.3 Å². The number of aliphatic carboxylic acids is 1. The molecule has 0 spiro atoms. The van der Waals surface area contributed by atoms with Gasteiger partial charge in [-0.1, -0.05) is 29.3 Å². The molecule has 1 aromatic carbocycles. The van der Waals surface area contributed by atoms with E-state index in [9.17, 15) is 13.2 Å². The Bertz CT molecular complexity index is 662. The predicted octanol–water partition coefficient (Wildman–Crippen LogP) is 2.87. The number of piperidine rings is 1. The third-order valence-corrected chi connectivity index (χ3v) is 6.65. The van der Waals surface area contributed by atoms with Crippen molar-refractivity contribution in [1.29, 1.82) is 0 Å². The van der Waals surface area contributed by atoms with Gasteiger partial charge in [-0.3, -0.25) is 4.79 Å². The fourth-order valence-corrected chi connectivity index (χ4v) is 4.94. The van der Waals surface area contributed by atoms with E-state index < -0.39 is 28.0 Å². The van der Waals surface area contributed by atoms with Gasteiger partial charge in [0.05, 0.1) is 16.0 Å². The van der Waals surface area contributed by atoms with Crippen molar-refractivity contribution in [2.45, 2.75) is 30.7 Å². The van der Waals surface area contributed by atoms with Gasteiger partial charge in [0.15, 0.2) is 0 Å². The molecule has 2 rings (SSSR count). The van der Waals surface area contributed by atoms with Crippen molar-refractivity contribution in [3.63, 3.8) is 0 Å². The van der Waals surface area contributed by atoms with Crippen LogP contribution >= 0.6 is 23.2 Å². The molecule has 1 fully saturated rings. The van der Waals surface area contributed by atoms with Gasteiger partial charge in [0.1, 0.15) is 4.90 Å². The number of carbonyl (C=O) groups is 1. The Kier molecular flexibility index (Phi) is 4.82. The quantitative estimate of drug-likeness (QED) is 0.908. The molecule has 0 saturated carbocycles. The topological polar surface area (TPSA) is 74.7 Å². The van der Waals surface area contributed by atoms with Gasteiger partial charge in [-0.05, 0) is 31.9 Å². The van der Waals surface area contributed by atoms with Crippen LogP contribution < -0.4 is 0 Å². The minimum atomic E-state index is -3.79. The molecule has 5 nitrogen and oxygen atoms in total. The number of benzene rings is 1. The molecule has 0 radical (unpaired) electrons. The highest BCUT2D eigenvalue weighted by Gasteiger charge is 2.37. The molecule has 1 saturated heterocycles. The molecule has 0 bridgehead atoms. The molecule has 1 N–H and O–H groups in total. The van der Waals surface area contributed by atoms with Gasteiger partial charge in [-0.15, -0.1) is 0 Å². The summed E-state index contributed by atoms with van der Waals surface area (Å²) in [5.74, 6) is -1.40. The van der Waals surface area contributed by atoms with E-state index in [0.717, 1.165) is 0 Å². The minimum Gasteiger partial charge on any atom is -0.481 e. The van der Waals surface area contributed by atoms with Crippen molar-refractivity contribution in [1.82, 2.24) is 4.31 Å². The van der Waals surface area contributed by atoms with Gasteiger partial charge in [0.25, 0.3) is 0 Å². The Morgan fingerprint density at radius 3 is 2.62 bits per heavy atom. The largest absolute Gasteiger partial charge is 0.481 e. The molecule has 2 atom stereocenters. The number of sulfonamides is 1. The first-order chi connectivity index (χ1) is 9.75. The maximum Gasteiger partial charge on any atom is 0.306 e. The van der Waals surface area contributed by atoms with Crippen LogP contribution in [0.3, 0.4) is 0 Å². The number of carboxylic acids is 1. The SMILES string of the molecule is CC1CC(C(=O)O)CCN1S(=O)(=O)c1cccc(Cl)c1Cl. The van der Waals surface area contributed by atoms with Crippen LogP contribution in [0.25, 0.3) is 0 Å². The number of rotatable bonds is 3. The summed E-state index contributed by atoms with van der Waals surface area (Å²) in [5.41, 5.74) is 0. The smallest absolute Gasteiger partial charge is 0.306 e. The van der Waals surface area contributed by atoms with E-state index in [1.54, 1.807) is 6.92 Å². The Labute approximate surface area is 133 Å². The lowest BCUT2D eigenvalue weighted by atomic mass is 9.93. The van der Waals surface area contributed by atoms with Crippen LogP contribution in [-0.4, -0.2) is 36.4 Å². The van der Waals surface area contributed by atoms with Gasteiger partial charge < -0.3 is 5.11 Å². The molecule has 1 aliphatic heterocycles. The Morgan fingerprint density at radius 2 is 2.05 bits per heavy atom. The van der Waals surface area contributed by atoms with Gasteiger partial charge in [-0.25, -0.2) is 8.42 Å². The Hall–Kier alpha value is -0.820. The first-order valence-corrected chi connectivity index (χ1v) is 8.63. The molecule has 0 aliphatic carbocycles. The summed E-state index contributed by atoms with van der Waals surface area (Å²) in [4.78, 5) is 11.0. The third-order valence-electron chi connectivity index (χ3n) is 3.67. The maximum atomic E-state index is 12.7. The first-order valence-electron chi connectivity index (χ1n) is 6.43. The van der Waals surface area contributed by atoms with E-state index in [0.29, 0.717) is 0 Å². The number of hydrogen-bond acceptors (Lipinski definition) is 3. The van der Waals surface area contributed by atoms with Crippen LogP contribution in [0, 0.1) is 5.92 Å². The fourth-order valence-electron chi connectivity index (χ4n) is 2.54. The van der Waals surface area contributed by atoms with Gasteiger partial charge >= 0.3 is 5.97 Å². The van der Waals surface area contributed by atoms with Crippen molar-refractivity contribution < 1.29 is 18.3 Å². The Morgan fingerprint density at radius 1 is 1.38 bits per heavy atom. The summed E-state index contributed by atoms with van der Waals surface area (Å²) in [6, 6.07) is 4.04. The summed E-state index contributed by atoms with van der Waals surface area (Å²) in [7, 11) is -3.79. The van der Waals surface area contributed by atoms with Gasteiger partial charge in [0, 0.05) is 12.6 Å². The van der Waals surface area contributed by atoms with Crippen molar-refractivity contribution >= 4 is 39.2 Å². The average Bonchev–Trinajstić information content (AvgIpc) is 2.41. The molecule has 1 heterocycles. The van der Waals surface area contributed by atoms with Crippen molar-refractivity contribution in [2.75, 3.05) is 6.54 Å². The van der Waals surface area contributed by atoms with Crippen LogP contribution in [0.4, 0.5) is 0 Å². The zero-order valence-corrected chi connectivity index (χ0v) is 13.6. The molecule has 2 unspecified atom stereocenters. The summed E-state index contributed by atoms with van der Waals surface area (Å²) >= 11 is 11.9. The normalized spacial score (nSPS) is 24.0. The minimum absolute atomic E-state index is 0.00766. The van der Waals surface area contributed by atoms with E-state index in [2.05, 4.69) is 0 Å². The predicted molar refractivity (Wildman–Crippen MR) is 80.2 cm³/mol. The monoisotopic (exact) mass is 351 g/mol. The highest BCUT2D eigenvalue weighted by Crippen LogP contribution is 2.34. The zero-order chi connectivity index (χ0) is 15.8. The lowest BCUT2D eigenvalue weighted by molar-refractivity contribution is -0.143.